The van der Waals surface area contributed by atoms with Crippen LogP contribution in [0.4, 0.5) is 0 Å². The lowest BCUT2D eigenvalue weighted by Gasteiger charge is -2.41. The summed E-state index contributed by atoms with van der Waals surface area (Å²) in [7, 11) is 0. The fourth-order valence-corrected chi connectivity index (χ4v) is 1.98. The van der Waals surface area contributed by atoms with Crippen LogP contribution >= 0.6 is 0 Å². The molecule has 1 aliphatic heterocycles. The zero-order valence-electron chi connectivity index (χ0n) is 11.0. The lowest BCUT2D eigenvalue weighted by molar-refractivity contribution is -0.128. The van der Waals surface area contributed by atoms with Crippen LogP contribution < -0.4 is 5.32 Å². The van der Waals surface area contributed by atoms with Crippen molar-refractivity contribution in [3.63, 3.8) is 0 Å². The first kappa shape index (κ1) is 14.0. The molecule has 8 nitrogen and oxygen atoms in total. The third-order valence-corrected chi connectivity index (χ3v) is 3.29. The van der Waals surface area contributed by atoms with E-state index in [9.17, 15) is 9.59 Å². The van der Waals surface area contributed by atoms with Crippen LogP contribution in [0.1, 0.15) is 23.5 Å². The maximum Gasteiger partial charge on any atom is 0.358 e. The number of carbonyl (C=O) groups excluding carboxylic acids is 1. The van der Waals surface area contributed by atoms with E-state index in [1.165, 1.54) is 10.9 Å². The molecular formula is C12H15N5O3. The highest BCUT2D eigenvalue weighted by Crippen LogP contribution is 2.22. The Hall–Kier alpha value is -2.40. The Morgan fingerprint density at radius 3 is 2.90 bits per heavy atom. The molecule has 2 N–H and O–H groups in total. The molecule has 0 aromatic carbocycles. The number of terminal acetylenes is 1. The van der Waals surface area contributed by atoms with Crippen molar-refractivity contribution < 1.29 is 14.7 Å². The molecule has 0 radical (unpaired) electrons. The van der Waals surface area contributed by atoms with Gasteiger partial charge in [-0.25, -0.2) is 9.48 Å². The van der Waals surface area contributed by atoms with E-state index in [-0.39, 0.29) is 30.2 Å². The average molecular weight is 277 g/mol. The summed E-state index contributed by atoms with van der Waals surface area (Å²) in [6, 6.07) is -0.236. The van der Waals surface area contributed by atoms with Gasteiger partial charge in [0.05, 0.1) is 24.8 Å². The molecule has 1 amide bonds. The number of likely N-dealkylation sites (tertiary alicyclic amines) is 1. The zero-order chi connectivity index (χ0) is 14.7. The van der Waals surface area contributed by atoms with E-state index in [0.717, 1.165) is 0 Å². The van der Waals surface area contributed by atoms with Crippen LogP contribution in [0.3, 0.4) is 0 Å². The number of nitrogens with zero attached hydrogens (tertiary/aromatic N) is 4. The minimum atomic E-state index is -1.10. The molecule has 0 aliphatic carbocycles. The summed E-state index contributed by atoms with van der Waals surface area (Å²) in [6.45, 7) is 3.25. The molecule has 1 aromatic heterocycles. The first-order valence-corrected chi connectivity index (χ1v) is 6.13. The smallest absolute Gasteiger partial charge is 0.358 e. The topological polar surface area (TPSA) is 100 Å². The van der Waals surface area contributed by atoms with Crippen molar-refractivity contribution in [1.29, 1.82) is 0 Å². The number of aromatic nitrogens is 3. The normalized spacial score (nSPS) is 17.0. The molecule has 20 heavy (non-hydrogen) atoms. The zero-order valence-corrected chi connectivity index (χ0v) is 11.0. The Kier molecular flexibility index (Phi) is 4.00. The van der Waals surface area contributed by atoms with Crippen molar-refractivity contribution in [3.05, 3.63) is 11.9 Å². The van der Waals surface area contributed by atoms with Gasteiger partial charge in [-0.3, -0.25) is 9.69 Å². The van der Waals surface area contributed by atoms with E-state index in [2.05, 4.69) is 21.5 Å². The lowest BCUT2D eigenvalue weighted by Crippen LogP contribution is -2.56. The number of nitrogens with one attached hydrogen (secondary N) is 1. The van der Waals surface area contributed by atoms with Gasteiger partial charge in [0.2, 0.25) is 5.91 Å². The number of amides is 1. The van der Waals surface area contributed by atoms with Gasteiger partial charge in [0.15, 0.2) is 5.69 Å². The average Bonchev–Trinajstić information content (AvgIpc) is 2.83. The highest BCUT2D eigenvalue weighted by Gasteiger charge is 2.35. The van der Waals surface area contributed by atoms with Crippen LogP contribution in [0.5, 0.6) is 0 Å². The Morgan fingerprint density at radius 2 is 2.35 bits per heavy atom. The molecule has 1 unspecified atom stereocenters. The summed E-state index contributed by atoms with van der Waals surface area (Å²) in [5, 5.41) is 18.7. The minimum absolute atomic E-state index is 0.0403. The van der Waals surface area contributed by atoms with Gasteiger partial charge in [-0.2, -0.15) is 0 Å². The molecule has 106 valence electrons. The number of aromatic carboxylic acids is 1. The Morgan fingerprint density at radius 1 is 1.65 bits per heavy atom. The number of carbonyl (C=O) groups is 2. The first-order valence-electron chi connectivity index (χ1n) is 6.13. The molecule has 0 saturated carbocycles. The number of hydrogen-bond acceptors (Lipinski definition) is 5. The van der Waals surface area contributed by atoms with Crippen LogP contribution in [0.15, 0.2) is 6.20 Å². The van der Waals surface area contributed by atoms with Gasteiger partial charge in [0, 0.05) is 13.1 Å². The monoisotopic (exact) mass is 277 g/mol. The van der Waals surface area contributed by atoms with E-state index in [0.29, 0.717) is 13.1 Å². The fourth-order valence-electron chi connectivity index (χ4n) is 1.98. The van der Waals surface area contributed by atoms with E-state index in [1.54, 1.807) is 6.92 Å². The Labute approximate surface area is 115 Å². The van der Waals surface area contributed by atoms with Crippen LogP contribution in [0.2, 0.25) is 0 Å². The van der Waals surface area contributed by atoms with Crippen molar-refractivity contribution in [2.24, 2.45) is 0 Å². The van der Waals surface area contributed by atoms with E-state index in [4.69, 9.17) is 11.5 Å². The second kappa shape index (κ2) is 5.71. The van der Waals surface area contributed by atoms with Crippen LogP contribution in [-0.2, 0) is 4.79 Å². The predicted molar refractivity (Wildman–Crippen MR) is 68.9 cm³/mol. The molecule has 1 aromatic rings. The molecule has 1 atom stereocenters. The lowest BCUT2D eigenvalue weighted by atomic mass is 10.1. The van der Waals surface area contributed by atoms with E-state index >= 15 is 0 Å². The second-order valence-corrected chi connectivity index (χ2v) is 4.59. The molecular weight excluding hydrogens is 262 g/mol. The van der Waals surface area contributed by atoms with Gasteiger partial charge in [-0.15, -0.1) is 11.5 Å². The molecule has 2 heterocycles. The van der Waals surface area contributed by atoms with Crippen LogP contribution in [0.25, 0.3) is 0 Å². The Bertz CT molecular complexity index is 556. The van der Waals surface area contributed by atoms with Gasteiger partial charge in [-0.1, -0.05) is 11.1 Å². The molecule has 2 rings (SSSR count). The maximum absolute atomic E-state index is 11.7. The molecule has 0 spiro atoms. The highest BCUT2D eigenvalue weighted by molar-refractivity contribution is 5.84. The fraction of sp³-hybridized carbons (Fsp3) is 0.500. The maximum atomic E-state index is 11.7. The van der Waals surface area contributed by atoms with E-state index < -0.39 is 5.97 Å². The molecule has 8 heteroatoms. The van der Waals surface area contributed by atoms with E-state index in [1.807, 2.05) is 4.90 Å². The van der Waals surface area contributed by atoms with Crippen molar-refractivity contribution in [3.8, 4) is 12.3 Å². The van der Waals surface area contributed by atoms with Crippen LogP contribution in [0, 0.1) is 12.3 Å². The quantitative estimate of drug-likeness (QED) is 0.668. The predicted octanol–water partition coefficient (Wildman–Crippen LogP) is -1.03. The SMILES string of the molecule is C#CCNC(=O)C(C)N1CC(n2cc(C(=O)O)nn2)C1. The number of carboxylic acid groups (broad SMARTS) is 1. The summed E-state index contributed by atoms with van der Waals surface area (Å²) in [5.41, 5.74) is -0.0803. The van der Waals surface area contributed by atoms with Crippen molar-refractivity contribution in [2.45, 2.75) is 19.0 Å². The van der Waals surface area contributed by atoms with Gasteiger partial charge < -0.3 is 10.4 Å². The third-order valence-electron chi connectivity index (χ3n) is 3.29. The summed E-state index contributed by atoms with van der Waals surface area (Å²) in [5.74, 6) is 1.13. The summed E-state index contributed by atoms with van der Waals surface area (Å²) < 4.78 is 1.52. The van der Waals surface area contributed by atoms with Crippen LogP contribution in [-0.4, -0.2) is 62.6 Å². The molecule has 1 fully saturated rings. The summed E-state index contributed by atoms with van der Waals surface area (Å²) in [6.07, 6.45) is 6.48. The number of rotatable bonds is 5. The summed E-state index contributed by atoms with van der Waals surface area (Å²) >= 11 is 0. The van der Waals surface area contributed by atoms with Gasteiger partial charge in [0.25, 0.3) is 0 Å². The van der Waals surface area contributed by atoms with Crippen molar-refractivity contribution in [2.75, 3.05) is 19.6 Å². The Balaban J connectivity index is 1.86. The standard InChI is InChI=1S/C12H15N5O3/c1-3-4-13-11(18)8(2)16-5-9(6-16)17-7-10(12(19)20)14-15-17/h1,7-9H,4-6H2,2H3,(H,13,18)(H,19,20). The number of carboxylic acids is 1. The largest absolute Gasteiger partial charge is 0.476 e. The first-order chi connectivity index (χ1) is 9.52. The van der Waals surface area contributed by atoms with Gasteiger partial charge in [0.1, 0.15) is 0 Å². The minimum Gasteiger partial charge on any atom is -0.476 e. The van der Waals surface area contributed by atoms with Gasteiger partial charge in [-0.05, 0) is 6.92 Å². The van der Waals surface area contributed by atoms with Gasteiger partial charge >= 0.3 is 5.97 Å². The van der Waals surface area contributed by atoms with Crippen molar-refractivity contribution >= 4 is 11.9 Å². The molecule has 0 bridgehead atoms. The molecule has 1 aliphatic rings. The summed E-state index contributed by atoms with van der Waals surface area (Å²) in [4.78, 5) is 24.4. The highest BCUT2D eigenvalue weighted by atomic mass is 16.4. The number of hydrogen-bond donors (Lipinski definition) is 2. The van der Waals surface area contributed by atoms with Crippen molar-refractivity contribution in [1.82, 2.24) is 25.2 Å². The molecule has 1 saturated heterocycles. The third kappa shape index (κ3) is 2.78. The second-order valence-electron chi connectivity index (χ2n) is 4.59.